The molecule has 4 atom stereocenters. The molecular formula is C32H30ClN3O5. The Morgan fingerprint density at radius 1 is 0.780 bits per heavy atom. The summed E-state index contributed by atoms with van der Waals surface area (Å²) in [4.78, 5) is 4.06. The third kappa shape index (κ3) is 6.18. The van der Waals surface area contributed by atoms with E-state index in [1.165, 1.54) is 4.52 Å². The van der Waals surface area contributed by atoms with Gasteiger partial charge < -0.3 is 24.1 Å². The topological polar surface area (TPSA) is 87.3 Å². The summed E-state index contributed by atoms with van der Waals surface area (Å²) in [7, 11) is 0. The van der Waals surface area contributed by atoms with Gasteiger partial charge in [0.25, 0.3) is 0 Å². The lowest BCUT2D eigenvalue weighted by atomic mass is 10.0. The second kappa shape index (κ2) is 12.5. The van der Waals surface area contributed by atoms with Gasteiger partial charge in [0.1, 0.15) is 24.0 Å². The molecule has 3 heterocycles. The number of hydrogen-bond donors (Lipinski definition) is 1. The molecule has 3 aromatic carbocycles. The fourth-order valence-electron chi connectivity index (χ4n) is 5.07. The van der Waals surface area contributed by atoms with Crippen molar-refractivity contribution < 1.29 is 24.1 Å². The van der Waals surface area contributed by atoms with E-state index in [2.05, 4.69) is 10.1 Å². The molecule has 1 saturated heterocycles. The van der Waals surface area contributed by atoms with E-state index < -0.39 is 24.1 Å². The third-order valence-corrected chi connectivity index (χ3v) is 7.24. The van der Waals surface area contributed by atoms with Crippen LogP contribution in [0.15, 0.2) is 109 Å². The molecule has 1 aliphatic heterocycles. The zero-order valence-electron chi connectivity index (χ0n) is 22.3. The molecule has 5 aromatic rings. The first-order valence-corrected chi connectivity index (χ1v) is 13.8. The lowest BCUT2D eigenvalue weighted by molar-refractivity contribution is -0.256. The van der Waals surface area contributed by atoms with Gasteiger partial charge in [0.15, 0.2) is 0 Å². The van der Waals surface area contributed by atoms with E-state index in [1.807, 2.05) is 91.0 Å². The molecule has 0 aliphatic carbocycles. The van der Waals surface area contributed by atoms with Crippen molar-refractivity contribution in [2.75, 3.05) is 6.61 Å². The predicted molar refractivity (Wildman–Crippen MR) is 153 cm³/mol. The highest BCUT2D eigenvalue weighted by molar-refractivity contribution is 6.28. The van der Waals surface area contributed by atoms with Crippen LogP contribution in [0.2, 0.25) is 5.28 Å². The largest absolute Gasteiger partial charge is 0.374 e. The summed E-state index contributed by atoms with van der Waals surface area (Å²) in [5.41, 5.74) is 3.97. The Kier molecular flexibility index (Phi) is 8.38. The first-order chi connectivity index (χ1) is 20.1. The van der Waals surface area contributed by atoms with Crippen LogP contribution in [0.3, 0.4) is 0 Å². The van der Waals surface area contributed by atoms with E-state index in [-0.39, 0.29) is 18.5 Å². The van der Waals surface area contributed by atoms with Gasteiger partial charge >= 0.3 is 0 Å². The third-order valence-electron chi connectivity index (χ3n) is 7.07. The van der Waals surface area contributed by atoms with Gasteiger partial charge in [-0.2, -0.15) is 0 Å². The van der Waals surface area contributed by atoms with Crippen molar-refractivity contribution in [2.24, 2.45) is 0 Å². The Balaban J connectivity index is 1.33. The molecule has 9 heteroatoms. The molecule has 8 nitrogen and oxygen atoms in total. The molecule has 6 rings (SSSR count). The number of nitrogens with zero attached hydrogens (tertiary/aromatic N) is 3. The second-order valence-corrected chi connectivity index (χ2v) is 10.3. The Hall–Kier alpha value is -3.63. The maximum atomic E-state index is 12.3. The first kappa shape index (κ1) is 27.5. The number of ether oxygens (including phenoxy) is 4. The molecule has 210 valence electrons. The molecular weight excluding hydrogens is 542 g/mol. The fourth-order valence-corrected chi connectivity index (χ4v) is 5.19. The summed E-state index contributed by atoms with van der Waals surface area (Å²) < 4.78 is 27.0. The summed E-state index contributed by atoms with van der Waals surface area (Å²) in [6.07, 6.45) is -0.678. The Morgan fingerprint density at radius 2 is 1.37 bits per heavy atom. The van der Waals surface area contributed by atoms with Crippen LogP contribution in [0.4, 0.5) is 0 Å². The highest BCUT2D eigenvalue weighted by Gasteiger charge is 2.58. The summed E-state index contributed by atoms with van der Waals surface area (Å²) in [6, 6.07) is 33.0. The Labute approximate surface area is 243 Å². The van der Waals surface area contributed by atoms with E-state index in [1.54, 1.807) is 18.3 Å². The van der Waals surface area contributed by atoms with Gasteiger partial charge in [-0.25, -0.2) is 9.50 Å². The maximum absolute atomic E-state index is 12.3. The number of rotatable bonds is 11. The van der Waals surface area contributed by atoms with Crippen molar-refractivity contribution in [2.45, 2.75) is 43.9 Å². The van der Waals surface area contributed by atoms with Crippen LogP contribution in [-0.2, 0) is 44.6 Å². The number of hydrogen-bond acceptors (Lipinski definition) is 7. The average Bonchev–Trinajstić information content (AvgIpc) is 3.55. The minimum absolute atomic E-state index is 0.0397. The monoisotopic (exact) mass is 571 g/mol. The molecule has 1 fully saturated rings. The molecule has 0 amide bonds. The average molecular weight is 572 g/mol. The molecule has 1 unspecified atom stereocenters. The summed E-state index contributed by atoms with van der Waals surface area (Å²) in [5.74, 6) is -1.93. The van der Waals surface area contributed by atoms with Gasteiger partial charge in [0.2, 0.25) is 11.1 Å². The van der Waals surface area contributed by atoms with Gasteiger partial charge in [-0.3, -0.25) is 0 Å². The lowest BCUT2D eigenvalue weighted by Gasteiger charge is -2.30. The van der Waals surface area contributed by atoms with E-state index in [4.69, 9.17) is 30.5 Å². The van der Waals surface area contributed by atoms with Crippen LogP contribution >= 0.6 is 11.6 Å². The summed E-state index contributed by atoms with van der Waals surface area (Å²) in [6.45, 7) is 1.09. The molecule has 0 spiro atoms. The zero-order chi connectivity index (χ0) is 28.1. The first-order valence-electron chi connectivity index (χ1n) is 13.4. The molecule has 1 N–H and O–H groups in total. The van der Waals surface area contributed by atoms with Gasteiger partial charge in [0.05, 0.1) is 38.1 Å². The van der Waals surface area contributed by atoms with Crippen LogP contribution in [0.1, 0.15) is 22.4 Å². The van der Waals surface area contributed by atoms with Gasteiger partial charge in [-0.15, -0.1) is 5.10 Å². The van der Waals surface area contributed by atoms with Crippen molar-refractivity contribution >= 4 is 17.1 Å². The second-order valence-electron chi connectivity index (χ2n) is 9.91. The maximum Gasteiger partial charge on any atom is 0.241 e. The number of halogens is 1. The minimum atomic E-state index is -1.93. The quantitative estimate of drug-likeness (QED) is 0.230. The van der Waals surface area contributed by atoms with Crippen molar-refractivity contribution in [1.82, 2.24) is 14.6 Å². The van der Waals surface area contributed by atoms with E-state index >= 15 is 0 Å². The molecule has 1 aliphatic rings. The molecule has 41 heavy (non-hydrogen) atoms. The minimum Gasteiger partial charge on any atom is -0.374 e. The van der Waals surface area contributed by atoms with E-state index in [0.717, 1.165) is 16.7 Å². The highest BCUT2D eigenvalue weighted by atomic mass is 35.5. The van der Waals surface area contributed by atoms with Crippen molar-refractivity contribution in [3.8, 4) is 0 Å². The number of fused-ring (bicyclic) bond motifs is 1. The predicted octanol–water partition coefficient (Wildman–Crippen LogP) is 5.31. The van der Waals surface area contributed by atoms with Crippen molar-refractivity contribution in [3.63, 3.8) is 0 Å². The molecule has 2 aromatic heterocycles. The van der Waals surface area contributed by atoms with Crippen LogP contribution in [0.25, 0.3) is 5.52 Å². The fraction of sp³-hybridized carbons (Fsp3) is 0.250. The van der Waals surface area contributed by atoms with Crippen LogP contribution in [0, 0.1) is 0 Å². The standard InChI is InChI=1S/C32H30ClN3O5/c33-31-34-18-26-16-17-28(36(26)35-31)32(37)30(40-21-25-14-8-3-9-15-25)29(39-20-24-12-6-2-7-13-24)27(41-32)22-38-19-23-10-4-1-5-11-23/h1-18,27,29-30,37H,19-22H2/t27-,29-,30-,32?/m1/s1. The number of benzene rings is 3. The Bertz CT molecular complexity index is 1550. The van der Waals surface area contributed by atoms with Crippen LogP contribution < -0.4 is 0 Å². The zero-order valence-corrected chi connectivity index (χ0v) is 23.0. The van der Waals surface area contributed by atoms with E-state index in [0.29, 0.717) is 24.4 Å². The van der Waals surface area contributed by atoms with Gasteiger partial charge in [0, 0.05) is 0 Å². The van der Waals surface area contributed by atoms with Gasteiger partial charge in [-0.05, 0) is 40.4 Å². The smallest absolute Gasteiger partial charge is 0.241 e. The van der Waals surface area contributed by atoms with Crippen LogP contribution in [0.5, 0.6) is 0 Å². The summed E-state index contributed by atoms with van der Waals surface area (Å²) >= 11 is 6.14. The van der Waals surface area contributed by atoms with Crippen molar-refractivity contribution in [3.05, 3.63) is 137 Å². The van der Waals surface area contributed by atoms with E-state index in [9.17, 15) is 5.11 Å². The molecule has 0 bridgehead atoms. The van der Waals surface area contributed by atoms with Crippen LogP contribution in [-0.4, -0.2) is 44.6 Å². The highest BCUT2D eigenvalue weighted by Crippen LogP contribution is 2.42. The molecule has 0 radical (unpaired) electrons. The number of aliphatic hydroxyl groups is 1. The SMILES string of the molecule is OC1(c2ccc3cnc(Cl)nn23)O[C@H](COCc2ccccc2)[C@@H](OCc2ccccc2)[C@H]1OCc1ccccc1. The normalized spacial score (nSPS) is 22.3. The summed E-state index contributed by atoms with van der Waals surface area (Å²) in [5, 5.41) is 16.7. The van der Waals surface area contributed by atoms with Gasteiger partial charge in [-0.1, -0.05) is 91.0 Å². The Morgan fingerprint density at radius 3 is 2.00 bits per heavy atom. The lowest BCUT2D eigenvalue weighted by Crippen LogP contribution is -2.45. The number of aromatic nitrogens is 3. The van der Waals surface area contributed by atoms with Crippen molar-refractivity contribution in [1.29, 1.82) is 0 Å². The molecule has 0 saturated carbocycles.